The van der Waals surface area contributed by atoms with Gasteiger partial charge in [-0.3, -0.25) is 14.5 Å². The number of carbonyl (C=O) groups excluding carboxylic acids is 3. The average molecular weight is 427 g/mol. The quantitative estimate of drug-likeness (QED) is 0.572. The van der Waals surface area contributed by atoms with E-state index in [9.17, 15) is 14.4 Å². The third-order valence-corrected chi connectivity index (χ3v) is 5.61. The molecule has 1 aromatic rings. The maximum absolute atomic E-state index is 12.5. The number of imide groups is 1. The topological polar surface area (TPSA) is 78.5 Å². The van der Waals surface area contributed by atoms with Crippen LogP contribution < -0.4 is 10.6 Å². The molecule has 6 nitrogen and oxygen atoms in total. The number of amides is 4. The lowest BCUT2D eigenvalue weighted by Crippen LogP contribution is -2.46. The van der Waals surface area contributed by atoms with Crippen molar-refractivity contribution < 1.29 is 14.4 Å². The predicted molar refractivity (Wildman–Crippen MR) is 93.9 cm³/mol. The van der Waals surface area contributed by atoms with Gasteiger partial charge < -0.3 is 10.6 Å². The third-order valence-electron chi connectivity index (χ3n) is 4.45. The molecule has 1 saturated carbocycles. The first-order chi connectivity index (χ1) is 10.8. The van der Waals surface area contributed by atoms with Crippen LogP contribution in [0.25, 0.3) is 0 Å². The highest BCUT2D eigenvalue weighted by molar-refractivity contribution is 14.1. The van der Waals surface area contributed by atoms with Crippen molar-refractivity contribution in [2.24, 2.45) is 5.92 Å². The van der Waals surface area contributed by atoms with Crippen LogP contribution in [0.4, 0.5) is 10.5 Å². The molecular weight excluding hydrogens is 409 g/mol. The van der Waals surface area contributed by atoms with Crippen LogP contribution in [0.1, 0.15) is 25.3 Å². The van der Waals surface area contributed by atoms with Crippen LogP contribution in [0.3, 0.4) is 0 Å². The first kappa shape index (κ1) is 16.2. The highest BCUT2D eigenvalue weighted by Gasteiger charge is 2.56. The molecule has 122 valence electrons. The van der Waals surface area contributed by atoms with Crippen LogP contribution in [0, 0.1) is 16.4 Å². The molecule has 1 heterocycles. The maximum atomic E-state index is 12.5. The van der Waals surface area contributed by atoms with Crippen molar-refractivity contribution in [2.75, 3.05) is 11.9 Å². The largest absolute Gasteiger partial charge is 0.325 e. The summed E-state index contributed by atoms with van der Waals surface area (Å²) in [6.07, 6.45) is 1.87. The molecule has 0 radical (unpaired) electrons. The Morgan fingerprint density at radius 2 is 2.13 bits per heavy atom. The van der Waals surface area contributed by atoms with E-state index < -0.39 is 11.6 Å². The smallest absolute Gasteiger partial charge is 0.324 e. The number of benzene rings is 1. The van der Waals surface area contributed by atoms with Crippen molar-refractivity contribution in [3.63, 3.8) is 0 Å². The van der Waals surface area contributed by atoms with Crippen molar-refractivity contribution in [3.8, 4) is 0 Å². The standard InChI is InChI=1S/C16H18IN3O3/c1-9-3-6-11(7-12(9)17)18-13(21)8-20-14(22)16(2,10-4-5-10)19-15(20)23/h3,6-7,10H,4-5,8H2,1-2H3,(H,18,21)(H,19,23). The molecule has 1 aliphatic carbocycles. The summed E-state index contributed by atoms with van der Waals surface area (Å²) in [5.41, 5.74) is 0.927. The number of halogens is 1. The fourth-order valence-electron chi connectivity index (χ4n) is 2.81. The van der Waals surface area contributed by atoms with Crippen LogP contribution in [-0.4, -0.2) is 34.8 Å². The highest BCUT2D eigenvalue weighted by Crippen LogP contribution is 2.42. The van der Waals surface area contributed by atoms with Gasteiger partial charge in [-0.15, -0.1) is 0 Å². The number of aryl methyl sites for hydroxylation is 1. The Balaban J connectivity index is 1.66. The molecule has 2 aliphatic rings. The van der Waals surface area contributed by atoms with Gasteiger partial charge in [0.15, 0.2) is 0 Å². The monoisotopic (exact) mass is 427 g/mol. The minimum Gasteiger partial charge on any atom is -0.324 e. The molecule has 0 aromatic heterocycles. The molecule has 2 N–H and O–H groups in total. The molecule has 23 heavy (non-hydrogen) atoms. The fraction of sp³-hybridized carbons (Fsp3) is 0.438. The van der Waals surface area contributed by atoms with E-state index in [1.165, 1.54) is 0 Å². The molecule has 1 unspecified atom stereocenters. The lowest BCUT2D eigenvalue weighted by molar-refractivity contribution is -0.134. The van der Waals surface area contributed by atoms with Crippen molar-refractivity contribution in [3.05, 3.63) is 27.3 Å². The van der Waals surface area contributed by atoms with E-state index in [4.69, 9.17) is 0 Å². The van der Waals surface area contributed by atoms with Gasteiger partial charge in [0.25, 0.3) is 5.91 Å². The zero-order chi connectivity index (χ0) is 16.8. The summed E-state index contributed by atoms with van der Waals surface area (Å²) in [7, 11) is 0. The summed E-state index contributed by atoms with van der Waals surface area (Å²) in [4.78, 5) is 37.7. The molecule has 0 spiro atoms. The number of hydrogen-bond donors (Lipinski definition) is 2. The SMILES string of the molecule is Cc1ccc(NC(=O)CN2C(=O)NC(C)(C3CC3)C2=O)cc1I. The first-order valence-corrected chi connectivity index (χ1v) is 8.59. The number of anilines is 1. The van der Waals surface area contributed by atoms with Crippen LogP contribution in [0.15, 0.2) is 18.2 Å². The van der Waals surface area contributed by atoms with Gasteiger partial charge >= 0.3 is 6.03 Å². The van der Waals surface area contributed by atoms with Gasteiger partial charge in [0.2, 0.25) is 5.91 Å². The van der Waals surface area contributed by atoms with E-state index in [1.807, 2.05) is 19.1 Å². The van der Waals surface area contributed by atoms with Crippen LogP contribution >= 0.6 is 22.6 Å². The summed E-state index contributed by atoms with van der Waals surface area (Å²) >= 11 is 2.19. The number of rotatable bonds is 4. The Morgan fingerprint density at radius 3 is 2.74 bits per heavy atom. The molecule has 2 fully saturated rings. The Morgan fingerprint density at radius 1 is 1.43 bits per heavy atom. The summed E-state index contributed by atoms with van der Waals surface area (Å²) in [6, 6.07) is 5.08. The molecule has 1 aromatic carbocycles. The van der Waals surface area contributed by atoms with Crippen molar-refractivity contribution >= 4 is 46.1 Å². The Kier molecular flexibility index (Phi) is 4.07. The average Bonchev–Trinajstić information content (AvgIpc) is 3.29. The Hall–Kier alpha value is -1.64. The number of hydrogen-bond acceptors (Lipinski definition) is 3. The molecule has 1 aliphatic heterocycles. The van der Waals surface area contributed by atoms with Gasteiger partial charge in [0, 0.05) is 9.26 Å². The lowest BCUT2D eigenvalue weighted by Gasteiger charge is -2.20. The predicted octanol–water partition coefficient (Wildman–Crippen LogP) is 2.26. The second-order valence-electron chi connectivity index (χ2n) is 6.31. The third kappa shape index (κ3) is 3.06. The lowest BCUT2D eigenvalue weighted by atomic mass is 9.96. The first-order valence-electron chi connectivity index (χ1n) is 7.51. The molecule has 0 bridgehead atoms. The van der Waals surface area contributed by atoms with Gasteiger partial charge in [-0.2, -0.15) is 0 Å². The normalized spacial score (nSPS) is 23.9. The van der Waals surface area contributed by atoms with E-state index in [-0.39, 0.29) is 24.3 Å². The van der Waals surface area contributed by atoms with Gasteiger partial charge in [-0.05, 0) is 72.9 Å². The zero-order valence-electron chi connectivity index (χ0n) is 13.0. The minimum atomic E-state index is -0.851. The van der Waals surface area contributed by atoms with Gasteiger partial charge in [-0.1, -0.05) is 6.07 Å². The van der Waals surface area contributed by atoms with E-state index in [2.05, 4.69) is 33.2 Å². The van der Waals surface area contributed by atoms with Gasteiger partial charge in [0.05, 0.1) is 0 Å². The summed E-state index contributed by atoms with van der Waals surface area (Å²) in [5, 5.41) is 5.47. The number of carbonyl (C=O) groups is 3. The summed E-state index contributed by atoms with van der Waals surface area (Å²) in [5.74, 6) is -0.502. The molecule has 1 saturated heterocycles. The van der Waals surface area contributed by atoms with Crippen LogP contribution in [-0.2, 0) is 9.59 Å². The van der Waals surface area contributed by atoms with E-state index in [1.54, 1.807) is 13.0 Å². The Labute approximate surface area is 148 Å². The maximum Gasteiger partial charge on any atom is 0.325 e. The zero-order valence-corrected chi connectivity index (χ0v) is 15.1. The summed E-state index contributed by atoms with van der Waals surface area (Å²) in [6.45, 7) is 3.46. The number of urea groups is 1. The van der Waals surface area contributed by atoms with Crippen molar-refractivity contribution in [1.29, 1.82) is 0 Å². The molecule has 1 atom stereocenters. The van der Waals surface area contributed by atoms with E-state index in [0.717, 1.165) is 26.9 Å². The van der Waals surface area contributed by atoms with Gasteiger partial charge in [-0.25, -0.2) is 4.79 Å². The van der Waals surface area contributed by atoms with Crippen molar-refractivity contribution in [2.45, 2.75) is 32.2 Å². The highest BCUT2D eigenvalue weighted by atomic mass is 127. The Bertz CT molecular complexity index is 702. The van der Waals surface area contributed by atoms with E-state index in [0.29, 0.717) is 5.69 Å². The van der Waals surface area contributed by atoms with Crippen molar-refractivity contribution in [1.82, 2.24) is 10.2 Å². The number of nitrogens with zero attached hydrogens (tertiary/aromatic N) is 1. The molecule has 3 rings (SSSR count). The molecule has 4 amide bonds. The second kappa shape index (κ2) is 5.77. The van der Waals surface area contributed by atoms with Gasteiger partial charge in [0.1, 0.15) is 12.1 Å². The molecular formula is C16H18IN3O3. The van der Waals surface area contributed by atoms with Crippen LogP contribution in [0.5, 0.6) is 0 Å². The molecule has 7 heteroatoms. The second-order valence-corrected chi connectivity index (χ2v) is 7.47. The minimum absolute atomic E-state index is 0.186. The van der Waals surface area contributed by atoms with Crippen LogP contribution in [0.2, 0.25) is 0 Å². The number of nitrogens with one attached hydrogen (secondary N) is 2. The summed E-state index contributed by atoms with van der Waals surface area (Å²) < 4.78 is 1.04. The fourth-order valence-corrected chi connectivity index (χ4v) is 3.33. The van der Waals surface area contributed by atoms with E-state index >= 15 is 0 Å².